The smallest absolute Gasteiger partial charge is 0.0681 e. The minimum Gasteiger partial charge on any atom is -0.392 e. The monoisotopic (exact) mass is 341 g/mol. The second-order valence-corrected chi connectivity index (χ2v) is 7.33. The average molecular weight is 341 g/mol. The van der Waals surface area contributed by atoms with Gasteiger partial charge in [-0.05, 0) is 56.6 Å². The molecule has 1 N–H and O–H groups in total. The quantitative estimate of drug-likeness (QED) is 0.908. The number of likely N-dealkylation sites (tertiary alicyclic amines) is 1. The molecule has 2 unspecified atom stereocenters. The highest BCUT2D eigenvalue weighted by Gasteiger charge is 2.55. The number of ether oxygens (including phenoxy) is 1. The summed E-state index contributed by atoms with van der Waals surface area (Å²) in [6.45, 7) is 5.77. The fraction of sp³-hybridized carbons (Fsp3) is 0.550. The lowest BCUT2D eigenvalue weighted by atomic mass is 9.58. The van der Waals surface area contributed by atoms with E-state index in [1.165, 1.54) is 5.56 Å². The minimum atomic E-state index is -0.186. The zero-order valence-electron chi connectivity index (χ0n) is 14.8. The fourth-order valence-electron chi connectivity index (χ4n) is 4.42. The molecule has 4 rings (SSSR count). The number of aliphatic hydroxyl groups is 1. The molecule has 1 spiro atoms. The van der Waals surface area contributed by atoms with Crippen LogP contribution in [0.3, 0.4) is 0 Å². The van der Waals surface area contributed by atoms with Crippen molar-refractivity contribution >= 4 is 0 Å². The van der Waals surface area contributed by atoms with Crippen LogP contribution in [0.15, 0.2) is 42.7 Å². The Kier molecular flexibility index (Phi) is 4.63. The maximum Gasteiger partial charge on any atom is 0.0681 e. The van der Waals surface area contributed by atoms with E-state index in [4.69, 9.17) is 4.74 Å². The van der Waals surface area contributed by atoms with Gasteiger partial charge in [0.25, 0.3) is 0 Å². The van der Waals surface area contributed by atoms with Crippen molar-refractivity contribution in [3.63, 3.8) is 0 Å². The highest BCUT2D eigenvalue weighted by atomic mass is 16.5. The number of nitrogens with zero attached hydrogens (tertiary/aromatic N) is 3. The van der Waals surface area contributed by atoms with Crippen molar-refractivity contribution in [3.05, 3.63) is 48.3 Å². The van der Waals surface area contributed by atoms with Crippen LogP contribution >= 0.6 is 0 Å². The van der Waals surface area contributed by atoms with Gasteiger partial charge in [-0.3, -0.25) is 4.90 Å². The summed E-state index contributed by atoms with van der Waals surface area (Å²) in [6, 6.07) is 10.5. The standard InChI is InChI=1S/C20H27N3O2/c1-2-25-19-14-18(24)20(19)7-11-22(12-8-20)15-16-5-3-6-17(13-16)23-10-4-9-21-23/h3-6,9-10,13,18-19,24H,2,7-8,11-12,14-15H2,1H3. The van der Waals surface area contributed by atoms with Crippen molar-refractivity contribution in [2.45, 2.75) is 44.9 Å². The van der Waals surface area contributed by atoms with Gasteiger partial charge in [-0.1, -0.05) is 12.1 Å². The zero-order valence-corrected chi connectivity index (χ0v) is 14.8. The highest BCUT2D eigenvalue weighted by Crippen LogP contribution is 2.51. The molecule has 2 atom stereocenters. The lowest BCUT2D eigenvalue weighted by Gasteiger charge is -2.56. The Morgan fingerprint density at radius 1 is 1.28 bits per heavy atom. The van der Waals surface area contributed by atoms with Crippen LogP contribution in [0.5, 0.6) is 0 Å². The summed E-state index contributed by atoms with van der Waals surface area (Å²) in [5, 5.41) is 14.6. The molecule has 1 saturated heterocycles. The number of hydrogen-bond acceptors (Lipinski definition) is 4. The molecule has 2 aliphatic rings. The molecular formula is C20H27N3O2. The second-order valence-electron chi connectivity index (χ2n) is 7.33. The lowest BCUT2D eigenvalue weighted by Crippen LogP contribution is -2.62. The molecule has 5 heteroatoms. The predicted octanol–water partition coefficient (Wildman–Crippen LogP) is 2.62. The number of aromatic nitrogens is 2. The van der Waals surface area contributed by atoms with Crippen LogP contribution in [-0.4, -0.2) is 51.7 Å². The predicted molar refractivity (Wildman–Crippen MR) is 96.5 cm³/mol. The van der Waals surface area contributed by atoms with Crippen LogP contribution in [-0.2, 0) is 11.3 Å². The fourth-order valence-corrected chi connectivity index (χ4v) is 4.42. The van der Waals surface area contributed by atoms with E-state index >= 15 is 0 Å². The third-order valence-corrected chi connectivity index (χ3v) is 5.98. The Bertz CT molecular complexity index is 691. The molecule has 1 saturated carbocycles. The van der Waals surface area contributed by atoms with Gasteiger partial charge in [0.1, 0.15) is 0 Å². The van der Waals surface area contributed by atoms with E-state index < -0.39 is 0 Å². The molecule has 1 aliphatic carbocycles. The molecule has 0 radical (unpaired) electrons. The first-order chi connectivity index (χ1) is 12.2. The van der Waals surface area contributed by atoms with Gasteiger partial charge >= 0.3 is 0 Å². The largest absolute Gasteiger partial charge is 0.392 e. The van der Waals surface area contributed by atoms with Gasteiger partial charge in [-0.15, -0.1) is 0 Å². The van der Waals surface area contributed by atoms with Crippen LogP contribution in [0, 0.1) is 5.41 Å². The first-order valence-corrected chi connectivity index (χ1v) is 9.32. The van der Waals surface area contributed by atoms with E-state index in [9.17, 15) is 5.11 Å². The number of rotatable bonds is 5. The van der Waals surface area contributed by atoms with Crippen LogP contribution in [0.25, 0.3) is 5.69 Å². The molecule has 1 aromatic heterocycles. The topological polar surface area (TPSA) is 50.5 Å². The Balaban J connectivity index is 1.38. The molecule has 5 nitrogen and oxygen atoms in total. The molecule has 2 aromatic rings. The molecule has 1 aliphatic heterocycles. The maximum atomic E-state index is 10.3. The molecule has 0 bridgehead atoms. The first-order valence-electron chi connectivity index (χ1n) is 9.32. The summed E-state index contributed by atoms with van der Waals surface area (Å²) < 4.78 is 7.76. The lowest BCUT2D eigenvalue weighted by molar-refractivity contribution is -0.209. The molecule has 2 heterocycles. The Hall–Kier alpha value is -1.69. The number of benzene rings is 1. The van der Waals surface area contributed by atoms with Crippen LogP contribution < -0.4 is 0 Å². The van der Waals surface area contributed by atoms with Gasteiger partial charge in [-0.25, -0.2) is 4.68 Å². The van der Waals surface area contributed by atoms with Crippen LogP contribution in [0.1, 0.15) is 31.7 Å². The minimum absolute atomic E-state index is 0.00339. The van der Waals surface area contributed by atoms with Crippen molar-refractivity contribution in [2.75, 3.05) is 19.7 Å². The van der Waals surface area contributed by atoms with E-state index in [1.54, 1.807) is 6.20 Å². The van der Waals surface area contributed by atoms with Crippen molar-refractivity contribution in [2.24, 2.45) is 5.41 Å². The summed E-state index contributed by atoms with van der Waals surface area (Å²) in [6.07, 6.45) is 6.69. The average Bonchev–Trinajstić information content (AvgIpc) is 3.17. The third kappa shape index (κ3) is 3.12. The molecule has 0 amide bonds. The van der Waals surface area contributed by atoms with E-state index in [-0.39, 0.29) is 17.6 Å². The molecule has 134 valence electrons. The number of hydrogen-bond donors (Lipinski definition) is 1. The van der Waals surface area contributed by atoms with Gasteiger partial charge in [0, 0.05) is 37.4 Å². The SMILES string of the molecule is CCOC1CC(O)C12CCN(Cc1cccc(-n3cccn3)c1)CC2. The Labute approximate surface area is 149 Å². The summed E-state index contributed by atoms with van der Waals surface area (Å²) in [5.74, 6) is 0. The maximum absolute atomic E-state index is 10.3. The van der Waals surface area contributed by atoms with Crippen LogP contribution in [0.4, 0.5) is 0 Å². The molecule has 25 heavy (non-hydrogen) atoms. The highest BCUT2D eigenvalue weighted by molar-refractivity contribution is 5.35. The van der Waals surface area contributed by atoms with Crippen molar-refractivity contribution in [3.8, 4) is 5.69 Å². The zero-order chi connectivity index (χ0) is 17.3. The number of aliphatic hydroxyl groups excluding tert-OH is 1. The Morgan fingerprint density at radius 3 is 2.80 bits per heavy atom. The van der Waals surface area contributed by atoms with Gasteiger partial charge in [-0.2, -0.15) is 5.10 Å². The number of piperidine rings is 1. The van der Waals surface area contributed by atoms with Crippen molar-refractivity contribution in [1.29, 1.82) is 0 Å². The summed E-state index contributed by atoms with van der Waals surface area (Å²) >= 11 is 0. The summed E-state index contributed by atoms with van der Waals surface area (Å²) in [4.78, 5) is 2.49. The second kappa shape index (κ2) is 6.90. The third-order valence-electron chi connectivity index (χ3n) is 5.98. The van der Waals surface area contributed by atoms with E-state index in [0.29, 0.717) is 0 Å². The van der Waals surface area contributed by atoms with Crippen molar-refractivity contribution < 1.29 is 9.84 Å². The summed E-state index contributed by atoms with van der Waals surface area (Å²) in [5.41, 5.74) is 2.41. The van der Waals surface area contributed by atoms with E-state index in [0.717, 1.165) is 51.2 Å². The molecular weight excluding hydrogens is 314 g/mol. The molecule has 1 aromatic carbocycles. The van der Waals surface area contributed by atoms with Crippen molar-refractivity contribution in [1.82, 2.24) is 14.7 Å². The van der Waals surface area contributed by atoms with E-state index in [1.807, 2.05) is 23.9 Å². The van der Waals surface area contributed by atoms with Gasteiger partial charge < -0.3 is 9.84 Å². The molecule has 2 fully saturated rings. The van der Waals surface area contributed by atoms with Gasteiger partial charge in [0.2, 0.25) is 0 Å². The van der Waals surface area contributed by atoms with E-state index in [2.05, 4.69) is 34.3 Å². The van der Waals surface area contributed by atoms with Crippen LogP contribution in [0.2, 0.25) is 0 Å². The van der Waals surface area contributed by atoms with Gasteiger partial charge in [0.15, 0.2) is 0 Å². The van der Waals surface area contributed by atoms with Gasteiger partial charge in [0.05, 0.1) is 17.9 Å². The summed E-state index contributed by atoms with van der Waals surface area (Å²) in [7, 11) is 0. The first kappa shape index (κ1) is 16.8. The normalized spacial score (nSPS) is 25.8. The Morgan fingerprint density at radius 2 is 2.12 bits per heavy atom.